The fraction of sp³-hybridized carbons (Fsp3) is 0.308. The van der Waals surface area contributed by atoms with E-state index in [4.69, 9.17) is 21.7 Å². The molecule has 0 N–H and O–H groups in total. The molecule has 2 fully saturated rings. The van der Waals surface area contributed by atoms with Crippen molar-refractivity contribution >= 4 is 23.1 Å². The first-order valence-corrected chi connectivity index (χ1v) is 11.9. The van der Waals surface area contributed by atoms with Gasteiger partial charge >= 0.3 is 0 Å². The maximum Gasteiger partial charge on any atom is 0.165 e. The summed E-state index contributed by atoms with van der Waals surface area (Å²) in [6, 6.07) is 16.8. The van der Waals surface area contributed by atoms with Crippen LogP contribution in [0.15, 0.2) is 48.7 Å². The van der Waals surface area contributed by atoms with Crippen molar-refractivity contribution in [1.29, 1.82) is 5.26 Å². The first-order chi connectivity index (χ1) is 16.5. The van der Waals surface area contributed by atoms with E-state index in [1.807, 2.05) is 48.0 Å². The normalized spacial score (nSPS) is 20.1. The molecule has 0 radical (unpaired) electrons. The van der Waals surface area contributed by atoms with Crippen LogP contribution in [-0.4, -0.2) is 56.7 Å². The highest BCUT2D eigenvalue weighted by molar-refractivity contribution is 6.29. The van der Waals surface area contributed by atoms with Gasteiger partial charge in [0.2, 0.25) is 0 Å². The Morgan fingerprint density at radius 3 is 2.56 bits per heavy atom. The summed E-state index contributed by atoms with van der Waals surface area (Å²) in [5, 5.41) is 14.8. The van der Waals surface area contributed by atoms with Gasteiger partial charge in [-0.05, 0) is 62.7 Å². The second-order valence-corrected chi connectivity index (χ2v) is 9.63. The van der Waals surface area contributed by atoms with Crippen molar-refractivity contribution < 1.29 is 0 Å². The summed E-state index contributed by atoms with van der Waals surface area (Å²) in [7, 11) is 2.24. The summed E-state index contributed by atoms with van der Waals surface area (Å²) in [5.41, 5.74) is 5.61. The summed E-state index contributed by atoms with van der Waals surface area (Å²) in [6.45, 7) is 3.89. The van der Waals surface area contributed by atoms with Crippen LogP contribution in [0.3, 0.4) is 0 Å². The second-order valence-electron chi connectivity index (χ2n) is 9.25. The lowest BCUT2D eigenvalue weighted by molar-refractivity contribution is 0.212. The highest BCUT2D eigenvalue weighted by atomic mass is 35.5. The highest BCUT2D eigenvalue weighted by Gasteiger charge is 2.38. The molecule has 0 amide bonds. The summed E-state index contributed by atoms with van der Waals surface area (Å²) >= 11 is 6.36. The van der Waals surface area contributed by atoms with Crippen LogP contribution in [0.5, 0.6) is 0 Å². The molecule has 2 aliphatic heterocycles. The molecule has 34 heavy (non-hydrogen) atoms. The molecule has 2 atom stereocenters. The standard InChI is InChI=1S/C26H24ClN7/c1-16-10-19(12-22(27)29-16)24-25(18-5-3-4-17(11-18)13-28)31-34-9-8-23(30-26(24)34)33-14-20-6-7-21(15-33)32(20)2/h3-5,8-12,20-21H,6-7,14-15H2,1-2H3. The fourth-order valence-electron chi connectivity index (χ4n) is 5.37. The molecule has 4 aromatic rings. The number of benzene rings is 1. The third-order valence-electron chi connectivity index (χ3n) is 7.12. The van der Waals surface area contributed by atoms with Crippen LogP contribution in [0, 0.1) is 18.3 Å². The molecule has 2 saturated heterocycles. The third-order valence-corrected chi connectivity index (χ3v) is 7.31. The average molecular weight is 470 g/mol. The number of nitrogens with zero attached hydrogens (tertiary/aromatic N) is 7. The van der Waals surface area contributed by atoms with E-state index in [0.717, 1.165) is 52.6 Å². The SMILES string of the molecule is Cc1cc(-c2c(-c3cccc(C#N)c3)nn3ccc(N4CC5CCC(C4)N5C)nc23)cc(Cl)n1. The Labute approximate surface area is 203 Å². The highest BCUT2D eigenvalue weighted by Crippen LogP contribution is 2.37. The molecule has 8 heteroatoms. The number of aryl methyl sites for hydroxylation is 1. The monoisotopic (exact) mass is 469 g/mol. The lowest BCUT2D eigenvalue weighted by atomic mass is 10.00. The van der Waals surface area contributed by atoms with Gasteiger partial charge in [-0.1, -0.05) is 23.7 Å². The van der Waals surface area contributed by atoms with Crippen molar-refractivity contribution in [2.45, 2.75) is 31.8 Å². The first-order valence-electron chi connectivity index (χ1n) is 11.5. The zero-order valence-corrected chi connectivity index (χ0v) is 19.9. The van der Waals surface area contributed by atoms with Gasteiger partial charge in [0.15, 0.2) is 5.65 Å². The van der Waals surface area contributed by atoms with Crippen LogP contribution < -0.4 is 4.90 Å². The Hall–Kier alpha value is -3.47. The van der Waals surface area contributed by atoms with Crippen molar-refractivity contribution in [3.63, 3.8) is 0 Å². The van der Waals surface area contributed by atoms with Gasteiger partial charge in [-0.15, -0.1) is 0 Å². The Bertz CT molecular complexity index is 1420. The fourth-order valence-corrected chi connectivity index (χ4v) is 5.62. The van der Waals surface area contributed by atoms with Crippen LogP contribution in [0.25, 0.3) is 28.0 Å². The van der Waals surface area contributed by atoms with E-state index in [1.54, 1.807) is 6.07 Å². The van der Waals surface area contributed by atoms with E-state index in [2.05, 4.69) is 34.0 Å². The molecule has 2 aliphatic rings. The molecule has 0 spiro atoms. The lowest BCUT2D eigenvalue weighted by Gasteiger charge is -2.39. The molecular formula is C26H24ClN7. The Kier molecular flexibility index (Phi) is 5.01. The molecule has 0 saturated carbocycles. The topological polar surface area (TPSA) is 73.4 Å². The third kappa shape index (κ3) is 3.51. The molecule has 170 valence electrons. The number of anilines is 1. The van der Waals surface area contributed by atoms with Crippen LogP contribution >= 0.6 is 11.6 Å². The van der Waals surface area contributed by atoms with Crippen molar-refractivity contribution in [1.82, 2.24) is 24.5 Å². The maximum atomic E-state index is 9.43. The number of pyridine rings is 1. The Balaban J connectivity index is 1.54. The molecule has 5 heterocycles. The number of piperazine rings is 1. The molecule has 1 aromatic carbocycles. The molecule has 0 aliphatic carbocycles. The first kappa shape index (κ1) is 21.1. The van der Waals surface area contributed by atoms with E-state index in [1.165, 1.54) is 12.8 Å². The number of fused-ring (bicyclic) bond motifs is 3. The van der Waals surface area contributed by atoms with E-state index >= 15 is 0 Å². The Morgan fingerprint density at radius 2 is 1.82 bits per heavy atom. The summed E-state index contributed by atoms with van der Waals surface area (Å²) in [4.78, 5) is 14.4. The number of aromatic nitrogens is 4. The average Bonchev–Trinajstić information content (AvgIpc) is 3.29. The van der Waals surface area contributed by atoms with Crippen LogP contribution in [0.2, 0.25) is 5.15 Å². The predicted octanol–water partition coefficient (Wildman–Crippen LogP) is 4.57. The minimum absolute atomic E-state index is 0.429. The van der Waals surface area contributed by atoms with Crippen LogP contribution in [0.1, 0.15) is 24.1 Å². The number of hydrogen-bond donors (Lipinski definition) is 0. The van der Waals surface area contributed by atoms with Gasteiger partial charge in [-0.3, -0.25) is 4.90 Å². The van der Waals surface area contributed by atoms with E-state index in [-0.39, 0.29) is 0 Å². The largest absolute Gasteiger partial charge is 0.353 e. The number of hydrogen-bond acceptors (Lipinski definition) is 6. The van der Waals surface area contributed by atoms with Crippen molar-refractivity contribution in [3.8, 4) is 28.5 Å². The van der Waals surface area contributed by atoms with Gasteiger partial charge in [-0.25, -0.2) is 14.5 Å². The van der Waals surface area contributed by atoms with Crippen molar-refractivity contribution in [2.75, 3.05) is 25.0 Å². The number of rotatable bonds is 3. The van der Waals surface area contributed by atoms with Gasteiger partial charge in [0.1, 0.15) is 16.7 Å². The molecule has 6 rings (SSSR count). The molecule has 2 unspecified atom stereocenters. The zero-order valence-electron chi connectivity index (χ0n) is 19.1. The van der Waals surface area contributed by atoms with Crippen LogP contribution in [-0.2, 0) is 0 Å². The van der Waals surface area contributed by atoms with Gasteiger partial charge in [0, 0.05) is 42.6 Å². The van der Waals surface area contributed by atoms with Gasteiger partial charge < -0.3 is 4.90 Å². The van der Waals surface area contributed by atoms with Crippen LogP contribution in [0.4, 0.5) is 5.82 Å². The number of likely N-dealkylation sites (N-methyl/N-ethyl adjacent to an activating group) is 1. The van der Waals surface area contributed by atoms with Gasteiger partial charge in [0.25, 0.3) is 0 Å². The minimum Gasteiger partial charge on any atom is -0.353 e. The Morgan fingerprint density at radius 1 is 1.03 bits per heavy atom. The van der Waals surface area contributed by atoms with Crippen molar-refractivity contribution in [2.24, 2.45) is 0 Å². The zero-order chi connectivity index (χ0) is 23.4. The predicted molar refractivity (Wildman–Crippen MR) is 133 cm³/mol. The second kappa shape index (κ2) is 8.08. The quantitative estimate of drug-likeness (QED) is 0.409. The number of halogens is 1. The van der Waals surface area contributed by atoms with E-state index in [9.17, 15) is 5.26 Å². The van der Waals surface area contributed by atoms with Crippen molar-refractivity contribution in [3.05, 3.63) is 65.1 Å². The summed E-state index contributed by atoms with van der Waals surface area (Å²) in [6.07, 6.45) is 4.47. The molecule has 7 nitrogen and oxygen atoms in total. The summed E-state index contributed by atoms with van der Waals surface area (Å²) in [5.74, 6) is 0.966. The lowest BCUT2D eigenvalue weighted by Crippen LogP contribution is -2.52. The van der Waals surface area contributed by atoms with Gasteiger partial charge in [-0.2, -0.15) is 10.4 Å². The molecular weight excluding hydrogens is 446 g/mol. The minimum atomic E-state index is 0.429. The molecule has 3 aromatic heterocycles. The van der Waals surface area contributed by atoms with Gasteiger partial charge in [0.05, 0.1) is 17.2 Å². The number of nitriles is 1. The maximum absolute atomic E-state index is 9.43. The van der Waals surface area contributed by atoms with E-state index in [0.29, 0.717) is 22.8 Å². The van der Waals surface area contributed by atoms with E-state index < -0.39 is 0 Å². The molecule has 2 bridgehead atoms. The smallest absolute Gasteiger partial charge is 0.165 e. The summed E-state index contributed by atoms with van der Waals surface area (Å²) < 4.78 is 1.82.